The van der Waals surface area contributed by atoms with Crippen LogP contribution in [0.5, 0.6) is 11.5 Å². The molecule has 0 radical (unpaired) electrons. The lowest BCUT2D eigenvalue weighted by atomic mass is 10.1. The number of nitrogens with one attached hydrogen (secondary N) is 2. The van der Waals surface area contributed by atoms with Gasteiger partial charge in [-0.05, 0) is 70.8 Å². The highest BCUT2D eigenvalue weighted by Gasteiger charge is 2.20. The highest BCUT2D eigenvalue weighted by molar-refractivity contribution is 5.79. The molecule has 1 aliphatic rings. The summed E-state index contributed by atoms with van der Waals surface area (Å²) in [5.41, 5.74) is 1.26. The Labute approximate surface area is 164 Å². The minimum atomic E-state index is 0.580. The molecule has 1 saturated heterocycles. The average molecular weight is 377 g/mol. The normalized spacial score (nSPS) is 17.8. The molecule has 6 nitrogen and oxygen atoms in total. The molecule has 6 heteroatoms. The highest BCUT2D eigenvalue weighted by Crippen LogP contribution is 2.28. The summed E-state index contributed by atoms with van der Waals surface area (Å²) < 4.78 is 11.0. The van der Waals surface area contributed by atoms with E-state index in [-0.39, 0.29) is 0 Å². The molecule has 1 fully saturated rings. The third-order valence-corrected chi connectivity index (χ3v) is 4.94. The zero-order chi connectivity index (χ0) is 19.5. The molecule has 1 aliphatic heterocycles. The van der Waals surface area contributed by atoms with E-state index in [1.54, 1.807) is 7.11 Å². The third-order valence-electron chi connectivity index (χ3n) is 4.94. The number of aliphatic imine (C=N–C) groups is 1. The molecule has 0 bridgehead atoms. The van der Waals surface area contributed by atoms with E-state index in [0.717, 1.165) is 49.9 Å². The number of likely N-dealkylation sites (tertiary alicyclic amines) is 1. The van der Waals surface area contributed by atoms with Gasteiger partial charge in [0.2, 0.25) is 0 Å². The van der Waals surface area contributed by atoms with Crippen molar-refractivity contribution in [1.82, 2.24) is 15.5 Å². The molecule has 152 valence electrons. The first kappa shape index (κ1) is 21.4. The van der Waals surface area contributed by atoms with Crippen molar-refractivity contribution in [3.8, 4) is 11.5 Å². The van der Waals surface area contributed by atoms with Gasteiger partial charge in [0, 0.05) is 19.1 Å². The SMILES string of the molecule is CCNC(=NCC1CCCN1C)NCCCc1ccc(OC)c(OCC)c1. The van der Waals surface area contributed by atoms with Crippen LogP contribution in [0.15, 0.2) is 23.2 Å². The number of benzene rings is 1. The van der Waals surface area contributed by atoms with Crippen molar-refractivity contribution in [1.29, 1.82) is 0 Å². The molecule has 2 N–H and O–H groups in total. The van der Waals surface area contributed by atoms with Gasteiger partial charge in [-0.3, -0.25) is 4.99 Å². The van der Waals surface area contributed by atoms with Crippen LogP contribution < -0.4 is 20.1 Å². The van der Waals surface area contributed by atoms with Gasteiger partial charge in [0.1, 0.15) is 0 Å². The molecule has 27 heavy (non-hydrogen) atoms. The molecule has 0 saturated carbocycles. The highest BCUT2D eigenvalue weighted by atomic mass is 16.5. The first-order chi connectivity index (χ1) is 13.2. The van der Waals surface area contributed by atoms with E-state index in [0.29, 0.717) is 12.6 Å². The second-order valence-electron chi connectivity index (χ2n) is 6.94. The van der Waals surface area contributed by atoms with Crippen molar-refractivity contribution in [3.63, 3.8) is 0 Å². The molecule has 0 aliphatic carbocycles. The first-order valence-corrected chi connectivity index (χ1v) is 10.2. The molecular formula is C21H36N4O2. The van der Waals surface area contributed by atoms with Gasteiger partial charge in [0.15, 0.2) is 17.5 Å². The molecule has 1 unspecified atom stereocenters. The number of likely N-dealkylation sites (N-methyl/N-ethyl adjacent to an activating group) is 1. The molecule has 0 aromatic heterocycles. The molecule has 1 heterocycles. The first-order valence-electron chi connectivity index (χ1n) is 10.2. The van der Waals surface area contributed by atoms with E-state index < -0.39 is 0 Å². The monoisotopic (exact) mass is 376 g/mol. The zero-order valence-electron chi connectivity index (χ0n) is 17.4. The van der Waals surface area contributed by atoms with E-state index >= 15 is 0 Å². The van der Waals surface area contributed by atoms with Gasteiger partial charge in [-0.15, -0.1) is 0 Å². The maximum Gasteiger partial charge on any atom is 0.191 e. The number of ether oxygens (including phenoxy) is 2. The van der Waals surface area contributed by atoms with Crippen LogP contribution in [0.3, 0.4) is 0 Å². The Morgan fingerprint density at radius 3 is 2.78 bits per heavy atom. The van der Waals surface area contributed by atoms with E-state index in [2.05, 4.69) is 41.6 Å². The summed E-state index contributed by atoms with van der Waals surface area (Å²) in [5, 5.41) is 6.80. The summed E-state index contributed by atoms with van der Waals surface area (Å²) in [7, 11) is 3.87. The van der Waals surface area contributed by atoms with Crippen molar-refractivity contribution in [2.24, 2.45) is 4.99 Å². The third kappa shape index (κ3) is 6.94. The predicted octanol–water partition coefficient (Wildman–Crippen LogP) is 2.68. The van der Waals surface area contributed by atoms with E-state index in [4.69, 9.17) is 14.5 Å². The van der Waals surface area contributed by atoms with Gasteiger partial charge in [-0.25, -0.2) is 0 Å². The summed E-state index contributed by atoms with van der Waals surface area (Å²) in [6.07, 6.45) is 4.55. The van der Waals surface area contributed by atoms with Crippen molar-refractivity contribution in [3.05, 3.63) is 23.8 Å². The van der Waals surface area contributed by atoms with Crippen molar-refractivity contribution < 1.29 is 9.47 Å². The Hall–Kier alpha value is -1.95. The van der Waals surface area contributed by atoms with Gasteiger partial charge in [0.05, 0.1) is 20.3 Å². The summed E-state index contributed by atoms with van der Waals surface area (Å²) in [6, 6.07) is 6.75. The number of methoxy groups -OCH3 is 1. The molecule has 2 rings (SSSR count). The van der Waals surface area contributed by atoms with Crippen LogP contribution in [0.25, 0.3) is 0 Å². The Kier molecular flexibility index (Phi) is 9.25. The van der Waals surface area contributed by atoms with Crippen molar-refractivity contribution in [2.45, 2.75) is 45.6 Å². The average Bonchev–Trinajstić information content (AvgIpc) is 3.08. The summed E-state index contributed by atoms with van der Waals surface area (Å²) in [4.78, 5) is 7.18. The van der Waals surface area contributed by atoms with Gasteiger partial charge in [-0.2, -0.15) is 0 Å². The van der Waals surface area contributed by atoms with E-state index in [1.807, 2.05) is 13.0 Å². The summed E-state index contributed by atoms with van der Waals surface area (Å²) >= 11 is 0. The maximum atomic E-state index is 5.66. The number of aryl methyl sites for hydroxylation is 1. The van der Waals surface area contributed by atoms with Crippen molar-refractivity contribution >= 4 is 5.96 Å². The van der Waals surface area contributed by atoms with Crippen LogP contribution in [0.4, 0.5) is 0 Å². The Bertz CT molecular complexity index is 592. The van der Waals surface area contributed by atoms with Crippen LogP contribution >= 0.6 is 0 Å². The van der Waals surface area contributed by atoms with E-state index in [1.165, 1.54) is 24.9 Å². The lowest BCUT2D eigenvalue weighted by Crippen LogP contribution is -2.39. The van der Waals surface area contributed by atoms with Crippen LogP contribution in [-0.4, -0.2) is 63.8 Å². The number of hydrogen-bond donors (Lipinski definition) is 2. The lowest BCUT2D eigenvalue weighted by Gasteiger charge is -2.18. The second-order valence-corrected chi connectivity index (χ2v) is 6.94. The van der Waals surface area contributed by atoms with E-state index in [9.17, 15) is 0 Å². The zero-order valence-corrected chi connectivity index (χ0v) is 17.4. The molecule has 1 aromatic carbocycles. The fourth-order valence-electron chi connectivity index (χ4n) is 3.39. The fraction of sp³-hybridized carbons (Fsp3) is 0.667. The molecule has 1 aromatic rings. The smallest absolute Gasteiger partial charge is 0.191 e. The molecule has 0 amide bonds. The minimum Gasteiger partial charge on any atom is -0.493 e. The summed E-state index contributed by atoms with van der Waals surface area (Å²) in [5.74, 6) is 2.53. The standard InChI is InChI=1S/C21H36N4O2/c1-5-22-21(24-16-18-10-8-14-25(18)3)23-13-7-9-17-11-12-19(26-4)20(15-17)27-6-2/h11-12,15,18H,5-10,13-14,16H2,1-4H3,(H2,22,23,24). The quantitative estimate of drug-likeness (QED) is 0.374. The number of hydrogen-bond acceptors (Lipinski definition) is 4. The fourth-order valence-corrected chi connectivity index (χ4v) is 3.39. The van der Waals surface area contributed by atoms with Gasteiger partial charge < -0.3 is 25.0 Å². The van der Waals surface area contributed by atoms with Crippen LogP contribution in [0, 0.1) is 0 Å². The van der Waals surface area contributed by atoms with Crippen LogP contribution in [0.2, 0.25) is 0 Å². The predicted molar refractivity (Wildman–Crippen MR) is 112 cm³/mol. The second kappa shape index (κ2) is 11.7. The number of nitrogens with zero attached hydrogens (tertiary/aromatic N) is 2. The van der Waals surface area contributed by atoms with Gasteiger partial charge >= 0.3 is 0 Å². The maximum absolute atomic E-state index is 5.66. The Morgan fingerprint density at radius 1 is 1.26 bits per heavy atom. The molecule has 1 atom stereocenters. The Balaban J connectivity index is 1.80. The number of rotatable bonds is 10. The summed E-state index contributed by atoms with van der Waals surface area (Å²) in [6.45, 7) is 8.55. The molecular weight excluding hydrogens is 340 g/mol. The van der Waals surface area contributed by atoms with Crippen molar-refractivity contribution in [2.75, 3.05) is 46.9 Å². The lowest BCUT2D eigenvalue weighted by molar-refractivity contribution is 0.310. The minimum absolute atomic E-state index is 0.580. The van der Waals surface area contributed by atoms with Crippen LogP contribution in [0.1, 0.15) is 38.7 Å². The Morgan fingerprint density at radius 2 is 2.11 bits per heavy atom. The topological polar surface area (TPSA) is 58.1 Å². The number of guanidine groups is 1. The van der Waals surface area contributed by atoms with Crippen LogP contribution in [-0.2, 0) is 6.42 Å². The molecule has 0 spiro atoms. The van der Waals surface area contributed by atoms with Gasteiger partial charge in [-0.1, -0.05) is 6.07 Å². The largest absolute Gasteiger partial charge is 0.493 e. The van der Waals surface area contributed by atoms with Gasteiger partial charge in [0.25, 0.3) is 0 Å².